The van der Waals surface area contributed by atoms with E-state index < -0.39 is 0 Å². The van der Waals surface area contributed by atoms with E-state index in [4.69, 9.17) is 0 Å². The predicted octanol–water partition coefficient (Wildman–Crippen LogP) is 5.28. The Balaban J connectivity index is 3.31. The number of hydrogen-bond acceptors (Lipinski definition) is 2. The summed E-state index contributed by atoms with van der Waals surface area (Å²) >= 11 is 0. The standard InChI is InChI=1S/C20H44N2/c1-19(2)13-11-17-21(5)15-9-7-8-10-16-22(6)18-12-14-20(3)4/h19-20H,7-18H2,1-6H3. The summed E-state index contributed by atoms with van der Waals surface area (Å²) < 4.78 is 0. The first-order valence-corrected chi connectivity index (χ1v) is 9.79. The molecule has 0 aliphatic heterocycles. The molecule has 0 spiro atoms. The van der Waals surface area contributed by atoms with Crippen molar-refractivity contribution in [3.63, 3.8) is 0 Å². The van der Waals surface area contributed by atoms with E-state index in [-0.39, 0.29) is 0 Å². The lowest BCUT2D eigenvalue weighted by molar-refractivity contribution is 0.296. The average Bonchev–Trinajstić information content (AvgIpc) is 2.41. The largest absolute Gasteiger partial charge is 0.306 e. The van der Waals surface area contributed by atoms with Crippen LogP contribution in [-0.4, -0.2) is 50.1 Å². The third kappa shape index (κ3) is 16.3. The average molecular weight is 313 g/mol. The molecule has 0 amide bonds. The zero-order valence-corrected chi connectivity index (χ0v) is 16.5. The molecule has 0 N–H and O–H groups in total. The summed E-state index contributed by atoms with van der Waals surface area (Å²) in [6, 6.07) is 0. The van der Waals surface area contributed by atoms with E-state index in [9.17, 15) is 0 Å². The smallest absolute Gasteiger partial charge is 0.00217 e. The van der Waals surface area contributed by atoms with Crippen LogP contribution in [0.25, 0.3) is 0 Å². The summed E-state index contributed by atoms with van der Waals surface area (Å²) in [6.45, 7) is 14.4. The highest BCUT2D eigenvalue weighted by molar-refractivity contribution is 4.57. The number of unbranched alkanes of at least 4 members (excludes halogenated alkanes) is 3. The van der Waals surface area contributed by atoms with Gasteiger partial charge in [-0.25, -0.2) is 0 Å². The molecular formula is C20H44N2. The van der Waals surface area contributed by atoms with Gasteiger partial charge in [0.15, 0.2) is 0 Å². The van der Waals surface area contributed by atoms with E-state index >= 15 is 0 Å². The molecule has 22 heavy (non-hydrogen) atoms. The molecule has 2 heteroatoms. The lowest BCUT2D eigenvalue weighted by atomic mass is 10.1. The first-order chi connectivity index (χ1) is 10.4. The van der Waals surface area contributed by atoms with Crippen molar-refractivity contribution in [3.8, 4) is 0 Å². The molecule has 0 radical (unpaired) electrons. The molecule has 0 fully saturated rings. The highest BCUT2D eigenvalue weighted by Gasteiger charge is 2.02. The highest BCUT2D eigenvalue weighted by Crippen LogP contribution is 2.07. The van der Waals surface area contributed by atoms with Crippen LogP contribution in [0.5, 0.6) is 0 Å². The van der Waals surface area contributed by atoms with Gasteiger partial charge in [-0.2, -0.15) is 0 Å². The van der Waals surface area contributed by atoms with Crippen LogP contribution in [0, 0.1) is 11.8 Å². The number of rotatable bonds is 15. The van der Waals surface area contributed by atoms with Crippen LogP contribution < -0.4 is 0 Å². The fourth-order valence-electron chi connectivity index (χ4n) is 2.88. The molecule has 2 nitrogen and oxygen atoms in total. The first kappa shape index (κ1) is 21.9. The molecule has 0 aliphatic carbocycles. The summed E-state index contributed by atoms with van der Waals surface area (Å²) in [6.07, 6.45) is 11.0. The summed E-state index contributed by atoms with van der Waals surface area (Å²) in [5.41, 5.74) is 0. The Labute approximate surface area is 141 Å². The van der Waals surface area contributed by atoms with Gasteiger partial charge in [-0.05, 0) is 90.6 Å². The van der Waals surface area contributed by atoms with Crippen LogP contribution in [0.15, 0.2) is 0 Å². The zero-order valence-electron chi connectivity index (χ0n) is 16.5. The van der Waals surface area contributed by atoms with Crippen molar-refractivity contribution >= 4 is 0 Å². The second-order valence-electron chi connectivity index (χ2n) is 8.09. The van der Waals surface area contributed by atoms with E-state index in [1.54, 1.807) is 0 Å². The minimum absolute atomic E-state index is 0.853. The maximum Gasteiger partial charge on any atom is -0.00217 e. The zero-order chi connectivity index (χ0) is 16.8. The predicted molar refractivity (Wildman–Crippen MR) is 102 cm³/mol. The van der Waals surface area contributed by atoms with Gasteiger partial charge in [0.05, 0.1) is 0 Å². The van der Waals surface area contributed by atoms with E-state index in [1.807, 2.05) is 0 Å². The maximum atomic E-state index is 2.51. The summed E-state index contributed by atoms with van der Waals surface area (Å²) in [4.78, 5) is 5.03. The Morgan fingerprint density at radius 2 is 0.818 bits per heavy atom. The van der Waals surface area contributed by atoms with Crippen molar-refractivity contribution in [3.05, 3.63) is 0 Å². The van der Waals surface area contributed by atoms with Gasteiger partial charge in [-0.3, -0.25) is 0 Å². The van der Waals surface area contributed by atoms with Crippen molar-refractivity contribution in [2.75, 3.05) is 40.3 Å². The number of hydrogen-bond donors (Lipinski definition) is 0. The lowest BCUT2D eigenvalue weighted by Crippen LogP contribution is -2.22. The van der Waals surface area contributed by atoms with Crippen molar-refractivity contribution in [1.82, 2.24) is 9.80 Å². The molecule has 0 atom stereocenters. The topological polar surface area (TPSA) is 6.48 Å². The normalized spacial score (nSPS) is 12.3. The van der Waals surface area contributed by atoms with Crippen LogP contribution in [-0.2, 0) is 0 Å². The Morgan fingerprint density at radius 1 is 0.500 bits per heavy atom. The van der Waals surface area contributed by atoms with Crippen molar-refractivity contribution in [2.24, 2.45) is 11.8 Å². The Kier molecular flexibility index (Phi) is 14.5. The molecule has 0 aliphatic rings. The molecule has 0 aromatic rings. The number of nitrogens with zero attached hydrogens (tertiary/aromatic N) is 2. The molecular weight excluding hydrogens is 268 g/mol. The fraction of sp³-hybridized carbons (Fsp3) is 1.00. The van der Waals surface area contributed by atoms with Gasteiger partial charge in [0.1, 0.15) is 0 Å². The van der Waals surface area contributed by atoms with E-state index in [0.29, 0.717) is 0 Å². The van der Waals surface area contributed by atoms with Crippen LogP contribution in [0.4, 0.5) is 0 Å². The lowest BCUT2D eigenvalue weighted by Gasteiger charge is -2.18. The van der Waals surface area contributed by atoms with Crippen molar-refractivity contribution in [2.45, 2.75) is 79.1 Å². The molecule has 0 unspecified atom stereocenters. The third-order valence-electron chi connectivity index (χ3n) is 4.47. The first-order valence-electron chi connectivity index (χ1n) is 9.79. The van der Waals surface area contributed by atoms with E-state index in [0.717, 1.165) is 11.8 Å². The molecule has 0 heterocycles. The van der Waals surface area contributed by atoms with Gasteiger partial charge in [-0.15, -0.1) is 0 Å². The Bertz CT molecular complexity index is 202. The monoisotopic (exact) mass is 312 g/mol. The molecule has 0 rings (SSSR count). The van der Waals surface area contributed by atoms with Crippen molar-refractivity contribution in [1.29, 1.82) is 0 Å². The van der Waals surface area contributed by atoms with Crippen molar-refractivity contribution < 1.29 is 0 Å². The Hall–Kier alpha value is -0.0800. The second-order valence-corrected chi connectivity index (χ2v) is 8.09. The van der Waals surface area contributed by atoms with Crippen LogP contribution >= 0.6 is 0 Å². The minimum Gasteiger partial charge on any atom is -0.306 e. The van der Waals surface area contributed by atoms with Crippen LogP contribution in [0.1, 0.15) is 79.1 Å². The van der Waals surface area contributed by atoms with E-state index in [1.165, 1.54) is 77.5 Å². The van der Waals surface area contributed by atoms with Gasteiger partial charge in [0.25, 0.3) is 0 Å². The quantitative estimate of drug-likeness (QED) is 0.379. The third-order valence-corrected chi connectivity index (χ3v) is 4.47. The summed E-state index contributed by atoms with van der Waals surface area (Å²) in [5.74, 6) is 1.71. The minimum atomic E-state index is 0.853. The van der Waals surface area contributed by atoms with Crippen LogP contribution in [0.3, 0.4) is 0 Å². The molecule has 0 saturated heterocycles. The fourth-order valence-corrected chi connectivity index (χ4v) is 2.88. The van der Waals surface area contributed by atoms with Gasteiger partial charge in [0, 0.05) is 0 Å². The van der Waals surface area contributed by atoms with Gasteiger partial charge in [0.2, 0.25) is 0 Å². The van der Waals surface area contributed by atoms with Gasteiger partial charge < -0.3 is 9.80 Å². The molecule has 0 bridgehead atoms. The van der Waals surface area contributed by atoms with Gasteiger partial charge in [-0.1, -0.05) is 40.5 Å². The Morgan fingerprint density at radius 3 is 1.14 bits per heavy atom. The van der Waals surface area contributed by atoms with E-state index in [2.05, 4.69) is 51.6 Å². The summed E-state index contributed by atoms with van der Waals surface area (Å²) in [7, 11) is 4.56. The molecule has 0 aromatic carbocycles. The molecule has 0 aromatic heterocycles. The maximum absolute atomic E-state index is 2.51. The highest BCUT2D eigenvalue weighted by atomic mass is 15.1. The molecule has 134 valence electrons. The van der Waals surface area contributed by atoms with Gasteiger partial charge >= 0.3 is 0 Å². The second kappa shape index (κ2) is 14.5. The van der Waals surface area contributed by atoms with Crippen LogP contribution in [0.2, 0.25) is 0 Å². The molecule has 0 saturated carbocycles. The SMILES string of the molecule is CC(C)CCCN(C)CCCCCCN(C)CCCC(C)C. The summed E-state index contributed by atoms with van der Waals surface area (Å²) in [5, 5.41) is 0.